The van der Waals surface area contributed by atoms with Gasteiger partial charge in [0.25, 0.3) is 0 Å². The molecule has 1 fully saturated rings. The van der Waals surface area contributed by atoms with E-state index in [-0.39, 0.29) is 17.5 Å². The molecule has 2 aromatic heterocycles. The van der Waals surface area contributed by atoms with E-state index >= 15 is 0 Å². The Morgan fingerprint density at radius 2 is 2.10 bits per heavy atom. The molecule has 3 heterocycles. The van der Waals surface area contributed by atoms with Crippen molar-refractivity contribution < 1.29 is 9.21 Å². The molecule has 152 valence electrons. The van der Waals surface area contributed by atoms with Crippen molar-refractivity contribution in [2.45, 2.75) is 39.7 Å². The molecule has 7 heteroatoms. The van der Waals surface area contributed by atoms with E-state index < -0.39 is 0 Å². The molecular weight excluding hydrogens is 366 g/mol. The molecule has 1 saturated heterocycles. The summed E-state index contributed by atoms with van der Waals surface area (Å²) >= 11 is 0. The number of hydrogen-bond acceptors (Lipinski definition) is 5. The number of fused-ring (bicyclic) bond motifs is 1. The van der Waals surface area contributed by atoms with Gasteiger partial charge in [-0.25, -0.2) is 9.78 Å². The number of piperazine rings is 1. The second-order valence-corrected chi connectivity index (χ2v) is 8.74. The number of aryl methyl sites for hydroxylation is 1. The van der Waals surface area contributed by atoms with Gasteiger partial charge in [0.15, 0.2) is 0 Å². The fourth-order valence-electron chi connectivity index (χ4n) is 4.41. The van der Waals surface area contributed by atoms with Gasteiger partial charge in [-0.15, -0.1) is 0 Å². The number of nitrogens with one attached hydrogen (secondary N) is 1. The van der Waals surface area contributed by atoms with Crippen molar-refractivity contribution in [2.24, 2.45) is 5.41 Å². The normalized spacial score (nSPS) is 20.7. The van der Waals surface area contributed by atoms with Crippen molar-refractivity contribution >= 4 is 11.8 Å². The Bertz CT molecular complexity index is 950. The summed E-state index contributed by atoms with van der Waals surface area (Å²) in [5.41, 5.74) is 1.76. The van der Waals surface area contributed by atoms with Gasteiger partial charge >= 0.3 is 6.03 Å². The predicted molar refractivity (Wildman–Crippen MR) is 110 cm³/mol. The average molecular weight is 393 g/mol. The lowest BCUT2D eigenvalue weighted by atomic mass is 9.75. The Balaban J connectivity index is 1.41. The maximum Gasteiger partial charge on any atom is 0.318 e. The van der Waals surface area contributed by atoms with Crippen molar-refractivity contribution in [3.05, 3.63) is 47.0 Å². The third kappa shape index (κ3) is 3.93. The third-order valence-electron chi connectivity index (χ3n) is 5.81. The van der Waals surface area contributed by atoms with Crippen molar-refractivity contribution in [1.29, 1.82) is 5.26 Å². The maximum absolute atomic E-state index is 13.0. The molecule has 0 saturated carbocycles. The molecule has 29 heavy (non-hydrogen) atoms. The van der Waals surface area contributed by atoms with Crippen LogP contribution in [0.5, 0.6) is 0 Å². The summed E-state index contributed by atoms with van der Waals surface area (Å²) in [6.45, 7) is 8.89. The minimum atomic E-state index is -0.0429. The minimum absolute atomic E-state index is 0.0299. The third-order valence-corrected chi connectivity index (χ3v) is 5.81. The fraction of sp³-hybridized carbons (Fsp3) is 0.500. The highest BCUT2D eigenvalue weighted by Gasteiger charge is 2.36. The average Bonchev–Trinajstić information content (AvgIpc) is 3.07. The van der Waals surface area contributed by atoms with Gasteiger partial charge in [-0.3, -0.25) is 0 Å². The van der Waals surface area contributed by atoms with E-state index in [0.29, 0.717) is 37.6 Å². The summed E-state index contributed by atoms with van der Waals surface area (Å²) in [4.78, 5) is 21.2. The van der Waals surface area contributed by atoms with Crippen LogP contribution < -0.4 is 10.2 Å². The number of nitrogens with zero attached hydrogens (tertiary/aromatic N) is 4. The minimum Gasteiger partial charge on any atom is -0.466 e. The van der Waals surface area contributed by atoms with Crippen molar-refractivity contribution in [2.75, 3.05) is 31.1 Å². The standard InChI is InChI=1S/C22H27N5O2/c1-15-11-17-18(12-22(2,3)13-19(17)29-15)25-21(28)27-9-7-26(8-10-27)20-16(14-23)5-4-6-24-20/h4-6,11,18H,7-10,12-13H2,1-3H3,(H,25,28). The number of aromatic nitrogens is 1. The van der Waals surface area contributed by atoms with Crippen LogP contribution in [-0.2, 0) is 6.42 Å². The van der Waals surface area contributed by atoms with Gasteiger partial charge in [0.05, 0.1) is 11.6 Å². The number of hydrogen-bond donors (Lipinski definition) is 1. The number of rotatable bonds is 2. The summed E-state index contributed by atoms with van der Waals surface area (Å²) in [7, 11) is 0. The van der Waals surface area contributed by atoms with Gasteiger partial charge in [0.2, 0.25) is 0 Å². The van der Waals surface area contributed by atoms with E-state index in [1.807, 2.05) is 11.8 Å². The molecule has 0 spiro atoms. The zero-order valence-electron chi connectivity index (χ0n) is 17.2. The molecule has 0 radical (unpaired) electrons. The molecule has 0 aromatic carbocycles. The number of carbonyl (C=O) groups is 1. The Labute approximate surface area is 171 Å². The van der Waals surface area contributed by atoms with Crippen LogP contribution in [0.2, 0.25) is 0 Å². The lowest BCUT2D eigenvalue weighted by Gasteiger charge is -2.38. The molecule has 1 aliphatic carbocycles. The fourth-order valence-corrected chi connectivity index (χ4v) is 4.41. The van der Waals surface area contributed by atoms with E-state index in [1.54, 1.807) is 18.3 Å². The van der Waals surface area contributed by atoms with Crippen LogP contribution in [0, 0.1) is 23.7 Å². The van der Waals surface area contributed by atoms with Gasteiger partial charge in [0, 0.05) is 44.4 Å². The SMILES string of the molecule is Cc1cc2c(o1)CC(C)(C)CC2NC(=O)N1CCN(c2ncccc2C#N)CC1. The Hall–Kier alpha value is -3.01. The second-order valence-electron chi connectivity index (χ2n) is 8.74. The van der Waals surface area contributed by atoms with Crippen LogP contribution in [0.3, 0.4) is 0 Å². The number of anilines is 1. The summed E-state index contributed by atoms with van der Waals surface area (Å²) in [5.74, 6) is 2.58. The van der Waals surface area contributed by atoms with Gasteiger partial charge in [-0.2, -0.15) is 5.26 Å². The summed E-state index contributed by atoms with van der Waals surface area (Å²) in [5, 5.41) is 12.5. The lowest BCUT2D eigenvalue weighted by molar-refractivity contribution is 0.178. The van der Waals surface area contributed by atoms with Crippen molar-refractivity contribution in [3.63, 3.8) is 0 Å². The van der Waals surface area contributed by atoms with E-state index in [0.717, 1.165) is 29.9 Å². The molecule has 2 aromatic rings. The quantitative estimate of drug-likeness (QED) is 0.845. The molecular formula is C22H27N5O2. The first-order valence-electron chi connectivity index (χ1n) is 10.1. The summed E-state index contributed by atoms with van der Waals surface area (Å²) in [6.07, 6.45) is 3.49. The highest BCUT2D eigenvalue weighted by molar-refractivity contribution is 5.75. The topological polar surface area (TPSA) is 85.4 Å². The predicted octanol–water partition coefficient (Wildman–Crippen LogP) is 3.40. The van der Waals surface area contributed by atoms with Crippen molar-refractivity contribution in [1.82, 2.24) is 15.2 Å². The van der Waals surface area contributed by atoms with Crippen LogP contribution in [0.25, 0.3) is 0 Å². The summed E-state index contributed by atoms with van der Waals surface area (Å²) in [6, 6.07) is 7.72. The van der Waals surface area contributed by atoms with Crippen LogP contribution in [0.1, 0.15) is 49.0 Å². The highest BCUT2D eigenvalue weighted by atomic mass is 16.3. The molecule has 4 rings (SSSR count). The first-order valence-corrected chi connectivity index (χ1v) is 10.1. The van der Waals surface area contributed by atoms with E-state index in [1.165, 1.54) is 0 Å². The summed E-state index contributed by atoms with van der Waals surface area (Å²) < 4.78 is 5.88. The molecule has 7 nitrogen and oxygen atoms in total. The number of urea groups is 1. The zero-order valence-corrected chi connectivity index (χ0v) is 17.2. The van der Waals surface area contributed by atoms with E-state index in [4.69, 9.17) is 4.42 Å². The Morgan fingerprint density at radius 3 is 2.83 bits per heavy atom. The van der Waals surface area contributed by atoms with E-state index in [9.17, 15) is 10.1 Å². The van der Waals surface area contributed by atoms with Crippen molar-refractivity contribution in [3.8, 4) is 6.07 Å². The molecule has 2 amide bonds. The number of carbonyl (C=O) groups excluding carboxylic acids is 1. The molecule has 1 unspecified atom stereocenters. The van der Waals surface area contributed by atoms with Crippen LogP contribution in [-0.4, -0.2) is 42.1 Å². The first kappa shape index (κ1) is 19.3. The highest BCUT2D eigenvalue weighted by Crippen LogP contribution is 2.42. The van der Waals surface area contributed by atoms with E-state index in [2.05, 4.69) is 41.2 Å². The number of furan rings is 1. The maximum atomic E-state index is 13.0. The molecule has 1 aliphatic heterocycles. The first-order chi connectivity index (χ1) is 13.9. The largest absolute Gasteiger partial charge is 0.466 e. The molecule has 0 bridgehead atoms. The Morgan fingerprint density at radius 1 is 1.34 bits per heavy atom. The van der Waals surface area contributed by atoms with Crippen LogP contribution >= 0.6 is 0 Å². The smallest absolute Gasteiger partial charge is 0.318 e. The second kappa shape index (κ2) is 7.43. The molecule has 2 aliphatic rings. The van der Waals surface area contributed by atoms with Gasteiger partial charge in [-0.05, 0) is 37.0 Å². The van der Waals surface area contributed by atoms with Gasteiger partial charge in [0.1, 0.15) is 23.4 Å². The van der Waals surface area contributed by atoms with Crippen LogP contribution in [0.15, 0.2) is 28.8 Å². The van der Waals surface area contributed by atoms with Gasteiger partial charge < -0.3 is 19.5 Å². The molecule has 1 N–H and O–H groups in total. The Kier molecular flexibility index (Phi) is 4.95. The zero-order chi connectivity index (χ0) is 20.6. The lowest BCUT2D eigenvalue weighted by Crippen LogP contribution is -2.53. The number of amides is 2. The number of nitriles is 1. The number of pyridine rings is 1. The van der Waals surface area contributed by atoms with Gasteiger partial charge in [-0.1, -0.05) is 13.8 Å². The van der Waals surface area contributed by atoms with Crippen LogP contribution in [0.4, 0.5) is 10.6 Å². The molecule has 1 atom stereocenters. The monoisotopic (exact) mass is 393 g/mol.